The molecule has 1 aromatic rings. The average molecular weight is 275 g/mol. The maximum Gasteiger partial charge on any atom is 0.239 e. The fraction of sp³-hybridized carbons (Fsp3) is 0.467. The van der Waals surface area contributed by atoms with Crippen molar-refractivity contribution in [2.45, 2.75) is 13.3 Å². The van der Waals surface area contributed by atoms with Crippen molar-refractivity contribution in [3.05, 3.63) is 29.8 Å². The van der Waals surface area contributed by atoms with Gasteiger partial charge >= 0.3 is 0 Å². The molecule has 5 nitrogen and oxygen atoms in total. The highest BCUT2D eigenvalue weighted by Crippen LogP contribution is 2.25. The first kappa shape index (κ1) is 14.4. The third-order valence-corrected chi connectivity index (χ3v) is 3.50. The van der Waals surface area contributed by atoms with Crippen LogP contribution in [0.25, 0.3) is 0 Å². The molecule has 1 aliphatic heterocycles. The lowest BCUT2D eigenvalue weighted by atomic mass is 9.93. The predicted octanol–water partition coefficient (Wildman–Crippen LogP) is 0.865. The van der Waals surface area contributed by atoms with E-state index in [1.807, 2.05) is 31.2 Å². The number of nitrogens with zero attached hydrogens (tertiary/aromatic N) is 1. The number of para-hydroxylation sites is 1. The van der Waals surface area contributed by atoms with Gasteiger partial charge in [0.1, 0.15) is 0 Å². The third-order valence-electron chi connectivity index (χ3n) is 3.50. The molecule has 2 N–H and O–H groups in total. The van der Waals surface area contributed by atoms with E-state index in [9.17, 15) is 9.59 Å². The summed E-state index contributed by atoms with van der Waals surface area (Å²) in [5, 5.41) is 5.98. The summed E-state index contributed by atoms with van der Waals surface area (Å²) in [5.74, 6) is -0.213. The Morgan fingerprint density at radius 3 is 2.90 bits per heavy atom. The van der Waals surface area contributed by atoms with E-state index in [4.69, 9.17) is 0 Å². The first-order chi connectivity index (χ1) is 9.61. The fourth-order valence-corrected chi connectivity index (χ4v) is 2.47. The van der Waals surface area contributed by atoms with E-state index in [0.717, 1.165) is 17.7 Å². The quantitative estimate of drug-likeness (QED) is 0.857. The second-order valence-corrected chi connectivity index (χ2v) is 5.09. The second kappa shape index (κ2) is 6.41. The number of amides is 2. The van der Waals surface area contributed by atoms with Gasteiger partial charge in [-0.3, -0.25) is 9.59 Å². The SMILES string of the molecule is CCNC(=O)CN(C)C(=O)C1CNc2ccccc2C1. The standard InChI is InChI=1S/C15H21N3O2/c1-3-16-14(19)10-18(2)15(20)12-8-11-6-4-5-7-13(11)17-9-12/h4-7,12,17H,3,8-10H2,1-2H3,(H,16,19). The highest BCUT2D eigenvalue weighted by molar-refractivity contribution is 5.86. The molecule has 108 valence electrons. The molecule has 0 fully saturated rings. The van der Waals surface area contributed by atoms with Crippen molar-refractivity contribution < 1.29 is 9.59 Å². The number of anilines is 1. The number of carbonyl (C=O) groups is 2. The minimum Gasteiger partial charge on any atom is -0.384 e. The van der Waals surface area contributed by atoms with Gasteiger partial charge in [-0.25, -0.2) is 0 Å². The molecule has 1 unspecified atom stereocenters. The highest BCUT2D eigenvalue weighted by atomic mass is 16.2. The Morgan fingerprint density at radius 1 is 1.40 bits per heavy atom. The van der Waals surface area contributed by atoms with Gasteiger partial charge in [-0.1, -0.05) is 18.2 Å². The molecule has 2 rings (SSSR count). The second-order valence-electron chi connectivity index (χ2n) is 5.09. The number of rotatable bonds is 4. The molecule has 1 aromatic carbocycles. The number of fused-ring (bicyclic) bond motifs is 1. The van der Waals surface area contributed by atoms with Crippen LogP contribution in [0.3, 0.4) is 0 Å². The van der Waals surface area contributed by atoms with Gasteiger partial charge in [0.25, 0.3) is 0 Å². The van der Waals surface area contributed by atoms with Gasteiger partial charge in [0, 0.05) is 25.8 Å². The minimum absolute atomic E-state index is 0.0123. The maximum absolute atomic E-state index is 12.4. The third kappa shape index (κ3) is 3.29. The minimum atomic E-state index is -0.118. The predicted molar refractivity (Wildman–Crippen MR) is 78.4 cm³/mol. The summed E-state index contributed by atoms with van der Waals surface area (Å²) < 4.78 is 0. The molecular formula is C15H21N3O2. The fourth-order valence-electron chi connectivity index (χ4n) is 2.47. The summed E-state index contributed by atoms with van der Waals surface area (Å²) in [6.07, 6.45) is 0.724. The topological polar surface area (TPSA) is 61.4 Å². The van der Waals surface area contributed by atoms with E-state index >= 15 is 0 Å². The summed E-state index contributed by atoms with van der Waals surface area (Å²) in [7, 11) is 1.68. The maximum atomic E-state index is 12.4. The largest absolute Gasteiger partial charge is 0.384 e. The lowest BCUT2D eigenvalue weighted by Gasteiger charge is -2.28. The molecule has 1 aliphatic rings. The van der Waals surface area contributed by atoms with Gasteiger partial charge in [0.2, 0.25) is 11.8 Å². The van der Waals surface area contributed by atoms with Crippen molar-refractivity contribution in [2.24, 2.45) is 5.92 Å². The Hall–Kier alpha value is -2.04. The lowest BCUT2D eigenvalue weighted by molar-refractivity contribution is -0.137. The van der Waals surface area contributed by atoms with Crippen molar-refractivity contribution in [3.8, 4) is 0 Å². The Labute approximate surface area is 119 Å². The van der Waals surface area contributed by atoms with Crippen molar-refractivity contribution in [2.75, 3.05) is 32.0 Å². The summed E-state index contributed by atoms with van der Waals surface area (Å²) >= 11 is 0. The molecule has 20 heavy (non-hydrogen) atoms. The molecule has 0 aliphatic carbocycles. The molecule has 1 atom stereocenters. The van der Waals surface area contributed by atoms with E-state index in [-0.39, 0.29) is 24.3 Å². The number of nitrogens with one attached hydrogen (secondary N) is 2. The number of hydrogen-bond donors (Lipinski definition) is 2. The van der Waals surface area contributed by atoms with Crippen LogP contribution in [0.4, 0.5) is 5.69 Å². The smallest absolute Gasteiger partial charge is 0.239 e. The van der Waals surface area contributed by atoms with Crippen molar-refractivity contribution >= 4 is 17.5 Å². The van der Waals surface area contributed by atoms with Crippen LogP contribution in [0.2, 0.25) is 0 Å². The van der Waals surface area contributed by atoms with E-state index in [1.165, 1.54) is 4.90 Å². The van der Waals surface area contributed by atoms with Crippen molar-refractivity contribution in [1.29, 1.82) is 0 Å². The monoisotopic (exact) mass is 275 g/mol. The zero-order valence-corrected chi connectivity index (χ0v) is 12.0. The van der Waals surface area contributed by atoms with Crippen LogP contribution >= 0.6 is 0 Å². The normalized spacial score (nSPS) is 16.8. The number of carbonyl (C=O) groups excluding carboxylic acids is 2. The molecule has 0 radical (unpaired) electrons. The van der Waals surface area contributed by atoms with Crippen LogP contribution in [0.15, 0.2) is 24.3 Å². The zero-order valence-electron chi connectivity index (χ0n) is 12.0. The molecule has 0 aromatic heterocycles. The number of benzene rings is 1. The summed E-state index contributed by atoms with van der Waals surface area (Å²) in [6, 6.07) is 8.01. The number of likely N-dealkylation sites (N-methyl/N-ethyl adjacent to an activating group) is 2. The Bertz CT molecular complexity index is 502. The van der Waals surface area contributed by atoms with Gasteiger partial charge in [-0.2, -0.15) is 0 Å². The van der Waals surface area contributed by atoms with Crippen LogP contribution in [-0.4, -0.2) is 43.4 Å². The van der Waals surface area contributed by atoms with Crippen molar-refractivity contribution in [3.63, 3.8) is 0 Å². The molecular weight excluding hydrogens is 254 g/mol. The lowest BCUT2D eigenvalue weighted by Crippen LogP contribution is -2.44. The van der Waals surface area contributed by atoms with Gasteiger partial charge in [0.15, 0.2) is 0 Å². The summed E-state index contributed by atoms with van der Waals surface area (Å²) in [5.41, 5.74) is 2.26. The molecule has 0 saturated carbocycles. The number of hydrogen-bond acceptors (Lipinski definition) is 3. The van der Waals surface area contributed by atoms with Gasteiger partial charge in [-0.15, -0.1) is 0 Å². The van der Waals surface area contributed by atoms with Crippen LogP contribution in [0.1, 0.15) is 12.5 Å². The van der Waals surface area contributed by atoms with Crippen LogP contribution < -0.4 is 10.6 Å². The van der Waals surface area contributed by atoms with Gasteiger partial charge in [-0.05, 0) is 25.0 Å². The first-order valence-corrected chi connectivity index (χ1v) is 6.95. The Balaban J connectivity index is 1.95. The molecule has 0 spiro atoms. The van der Waals surface area contributed by atoms with E-state index in [1.54, 1.807) is 7.05 Å². The molecule has 5 heteroatoms. The molecule has 0 saturated heterocycles. The van der Waals surface area contributed by atoms with E-state index in [2.05, 4.69) is 10.6 Å². The molecule has 0 bridgehead atoms. The molecule has 1 heterocycles. The summed E-state index contributed by atoms with van der Waals surface area (Å²) in [6.45, 7) is 3.18. The average Bonchev–Trinajstić information content (AvgIpc) is 2.46. The van der Waals surface area contributed by atoms with Crippen LogP contribution in [-0.2, 0) is 16.0 Å². The first-order valence-electron chi connectivity index (χ1n) is 6.95. The molecule has 2 amide bonds. The van der Waals surface area contributed by atoms with Crippen LogP contribution in [0.5, 0.6) is 0 Å². The highest BCUT2D eigenvalue weighted by Gasteiger charge is 2.27. The van der Waals surface area contributed by atoms with E-state index in [0.29, 0.717) is 13.1 Å². The Morgan fingerprint density at radius 2 is 2.15 bits per heavy atom. The zero-order chi connectivity index (χ0) is 14.5. The van der Waals surface area contributed by atoms with Gasteiger partial charge < -0.3 is 15.5 Å². The van der Waals surface area contributed by atoms with Gasteiger partial charge in [0.05, 0.1) is 12.5 Å². The van der Waals surface area contributed by atoms with Crippen molar-refractivity contribution in [1.82, 2.24) is 10.2 Å². The van der Waals surface area contributed by atoms with Crippen LogP contribution in [0, 0.1) is 5.92 Å². The Kier molecular flexibility index (Phi) is 4.61. The summed E-state index contributed by atoms with van der Waals surface area (Å²) in [4.78, 5) is 25.4. The van der Waals surface area contributed by atoms with E-state index < -0.39 is 0 Å².